The minimum absolute atomic E-state index is 0.00768. The fraction of sp³-hybridized carbons (Fsp3) is 0.587. The quantitative estimate of drug-likeness (QED) is 0.0596. The van der Waals surface area contributed by atoms with Gasteiger partial charge in [0.1, 0.15) is 5.75 Å². The van der Waals surface area contributed by atoms with E-state index in [2.05, 4.69) is 80.9 Å². The van der Waals surface area contributed by atoms with Crippen LogP contribution in [0.25, 0.3) is 0 Å². The Bertz CT molecular complexity index is 1970. The van der Waals surface area contributed by atoms with E-state index < -0.39 is 22.7 Å². The van der Waals surface area contributed by atoms with Crippen molar-refractivity contribution in [1.82, 2.24) is 9.80 Å². The number of nitrogens with zero attached hydrogens (tertiary/aromatic N) is 2. The molecule has 2 saturated heterocycles. The number of rotatable bonds is 19. The second kappa shape index (κ2) is 20.3. The van der Waals surface area contributed by atoms with Crippen LogP contribution in [0.15, 0.2) is 48.6 Å². The predicted molar refractivity (Wildman–Crippen MR) is 249 cm³/mol. The molecule has 2 aliphatic heterocycles. The van der Waals surface area contributed by atoms with Gasteiger partial charge in [0, 0.05) is 37.0 Å². The van der Waals surface area contributed by atoms with Gasteiger partial charge in [-0.15, -0.1) is 0 Å². The van der Waals surface area contributed by atoms with Crippen LogP contribution in [0.1, 0.15) is 94.4 Å². The number of methoxy groups -OCH3 is 2. The van der Waals surface area contributed by atoms with E-state index >= 15 is 0 Å². The van der Waals surface area contributed by atoms with E-state index in [1.165, 1.54) is 26.4 Å². The molecule has 3 amide bonds. The van der Waals surface area contributed by atoms with E-state index in [4.69, 9.17) is 44.0 Å². The Morgan fingerprint density at radius 2 is 1.08 bits per heavy atom. The Morgan fingerprint density at radius 3 is 1.50 bits per heavy atom. The number of ether oxygens (including phenoxy) is 5. The number of hydrogen-bond acceptors (Lipinski definition) is 11. The molecule has 0 saturated carbocycles. The van der Waals surface area contributed by atoms with Gasteiger partial charge in [-0.1, -0.05) is 65.8 Å². The maximum absolute atomic E-state index is 14.1. The third kappa shape index (κ3) is 12.3. The summed E-state index contributed by atoms with van der Waals surface area (Å²) < 4.78 is 41.8. The molecule has 2 aromatic rings. The van der Waals surface area contributed by atoms with Crippen molar-refractivity contribution in [3.05, 3.63) is 59.7 Å². The van der Waals surface area contributed by atoms with Crippen molar-refractivity contribution in [2.45, 2.75) is 122 Å². The number of nitrogen functional groups attached to an aromatic ring is 1. The first-order chi connectivity index (χ1) is 28.8. The lowest BCUT2D eigenvalue weighted by Crippen LogP contribution is -2.46. The van der Waals surface area contributed by atoms with E-state index in [0.29, 0.717) is 99.4 Å². The summed E-state index contributed by atoms with van der Waals surface area (Å²) >= 11 is 0. The number of carbonyl (C=O) groups is 3. The minimum Gasteiger partial charge on any atom is -0.493 e. The molecule has 16 heteroatoms. The molecule has 0 aliphatic carbocycles. The first-order valence-electron chi connectivity index (χ1n) is 21.5. The largest absolute Gasteiger partial charge is 0.493 e. The van der Waals surface area contributed by atoms with Gasteiger partial charge in [0.25, 0.3) is 11.8 Å². The van der Waals surface area contributed by atoms with Crippen LogP contribution in [0.4, 0.5) is 10.5 Å². The van der Waals surface area contributed by atoms with Crippen molar-refractivity contribution < 1.29 is 46.9 Å². The molecule has 0 aromatic heterocycles. The second-order valence-electron chi connectivity index (χ2n) is 19.5. The number of likely N-dealkylation sites (tertiary alicyclic amines) is 2. The summed E-state index contributed by atoms with van der Waals surface area (Å²) in [4.78, 5) is 43.5. The fourth-order valence-corrected chi connectivity index (χ4v) is 8.92. The fourth-order valence-electron chi connectivity index (χ4n) is 6.83. The van der Waals surface area contributed by atoms with Gasteiger partial charge in [0.05, 0.1) is 63.9 Å². The van der Waals surface area contributed by atoms with Crippen molar-refractivity contribution in [2.75, 3.05) is 59.5 Å². The van der Waals surface area contributed by atoms with Gasteiger partial charge in [0.2, 0.25) is 0 Å². The van der Waals surface area contributed by atoms with E-state index in [1.807, 2.05) is 0 Å². The molecular weight excluding hydrogens is 825 g/mol. The Morgan fingerprint density at radius 1 is 0.661 bits per heavy atom. The molecule has 62 heavy (non-hydrogen) atoms. The normalized spacial score (nSPS) is 17.4. The summed E-state index contributed by atoms with van der Waals surface area (Å²) in [7, 11) is -1.10. The number of hydrogen-bond donors (Lipinski definition) is 2. The van der Waals surface area contributed by atoms with Crippen LogP contribution in [0.2, 0.25) is 36.3 Å². The first kappa shape index (κ1) is 50.1. The van der Waals surface area contributed by atoms with Gasteiger partial charge in [-0.3, -0.25) is 9.59 Å². The third-order valence-corrected chi connectivity index (χ3v) is 21.7. The predicted octanol–water partition coefficient (Wildman–Crippen LogP) is 8.96. The number of carbonyl (C=O) groups excluding carboxylic acids is 3. The average molecular weight is 897 g/mol. The molecule has 2 aliphatic rings. The summed E-state index contributed by atoms with van der Waals surface area (Å²) in [5.74, 6) is 0.855. The van der Waals surface area contributed by atoms with Gasteiger partial charge in [-0.05, 0) is 74.4 Å². The summed E-state index contributed by atoms with van der Waals surface area (Å²) in [5, 5.41) is 0.0583. The zero-order valence-electron chi connectivity index (χ0n) is 39.3. The lowest BCUT2D eigenvalue weighted by molar-refractivity contribution is 0.0677. The van der Waals surface area contributed by atoms with Gasteiger partial charge in [-0.2, -0.15) is 0 Å². The maximum Gasteiger partial charge on any atom is 0.409 e. The molecule has 0 bridgehead atoms. The van der Waals surface area contributed by atoms with E-state index in [9.17, 15) is 14.4 Å². The minimum atomic E-state index is -2.08. The van der Waals surface area contributed by atoms with E-state index in [0.717, 1.165) is 17.6 Å². The Kier molecular flexibility index (Phi) is 16.4. The highest BCUT2D eigenvalue weighted by atomic mass is 28.4. The van der Waals surface area contributed by atoms with Crippen LogP contribution in [0.5, 0.6) is 28.7 Å². The van der Waals surface area contributed by atoms with Crippen molar-refractivity contribution in [3.63, 3.8) is 0 Å². The third-order valence-electron chi connectivity index (χ3n) is 12.7. The Hall–Kier alpha value is -4.52. The number of anilines is 1. The average Bonchev–Trinajstić information content (AvgIpc) is 3.75. The van der Waals surface area contributed by atoms with Crippen LogP contribution in [0, 0.1) is 0 Å². The highest BCUT2D eigenvalue weighted by Gasteiger charge is 2.42. The molecular formula is C46H72N4O10Si2. The van der Waals surface area contributed by atoms with Gasteiger partial charge < -0.3 is 53.8 Å². The molecule has 2 heterocycles. The molecule has 2 fully saturated rings. The number of amides is 3. The monoisotopic (exact) mass is 896 g/mol. The molecule has 2 aromatic carbocycles. The lowest BCUT2D eigenvalue weighted by atomic mass is 10.1. The topological polar surface area (TPSA) is 174 Å². The van der Waals surface area contributed by atoms with Gasteiger partial charge in [-0.25, -0.2) is 4.79 Å². The molecule has 2 atom stereocenters. The maximum atomic E-state index is 14.1. The number of primary amides is 1. The summed E-state index contributed by atoms with van der Waals surface area (Å²) in [6, 6.07) is 5.89. The van der Waals surface area contributed by atoms with Crippen LogP contribution in [0.3, 0.4) is 0 Å². The van der Waals surface area contributed by atoms with Crippen LogP contribution in [-0.4, -0.2) is 110 Å². The van der Waals surface area contributed by atoms with Crippen molar-refractivity contribution in [2.24, 2.45) is 5.73 Å². The number of unbranched alkanes of at least 4 members (excludes halogenated alkanes) is 2. The number of benzene rings is 2. The van der Waals surface area contributed by atoms with Crippen LogP contribution < -0.4 is 35.2 Å². The highest BCUT2D eigenvalue weighted by Crippen LogP contribution is 2.41. The zero-order valence-corrected chi connectivity index (χ0v) is 41.3. The number of nitrogens with two attached hydrogens (primary N) is 2. The highest BCUT2D eigenvalue weighted by molar-refractivity contribution is 6.74. The van der Waals surface area contributed by atoms with Crippen LogP contribution in [-0.2, 0) is 8.85 Å². The van der Waals surface area contributed by atoms with Gasteiger partial charge >= 0.3 is 6.09 Å². The second-order valence-corrected chi connectivity index (χ2v) is 29.1. The molecule has 14 nitrogen and oxygen atoms in total. The molecule has 0 radical (unpaired) electrons. The standard InChI is InChI=1S/C46H72N4O10Si2/c1-30-20-32(28-58-61(11,12)45(3,4)5)49(26-30)42(51)34-22-38(54-9)40(24-36(34)47)56-18-16-15-17-19-57-41-25-37(60-44(48)53)35(23-39(41)55-10)43(52)50-27-31(2)21-33(50)29-59-62(13,14)46(6,7)8/h22-25,32-33H,1-2,15-21,26-29,47H2,3-14H3,(H2,48,53). The van der Waals surface area contributed by atoms with E-state index in [1.54, 1.807) is 21.9 Å². The summed E-state index contributed by atoms with van der Waals surface area (Å²) in [6.45, 7) is 32.4. The van der Waals surface area contributed by atoms with Gasteiger partial charge in [0.15, 0.2) is 39.6 Å². The van der Waals surface area contributed by atoms with Crippen molar-refractivity contribution in [1.29, 1.82) is 0 Å². The molecule has 2 unspecified atom stereocenters. The Balaban J connectivity index is 1.35. The molecule has 0 spiro atoms. The zero-order chi connectivity index (χ0) is 46.4. The first-order valence-corrected chi connectivity index (χ1v) is 27.3. The van der Waals surface area contributed by atoms with E-state index in [-0.39, 0.29) is 45.3 Å². The summed E-state index contributed by atoms with van der Waals surface area (Å²) in [5.41, 5.74) is 14.5. The lowest BCUT2D eigenvalue weighted by Gasteiger charge is -2.38. The molecule has 4 N–H and O–H groups in total. The SMILES string of the molecule is C=C1CC(CO[Si](C)(C)C(C)(C)C)N(C(=O)c2cc(OC)c(OCCCCCOc3cc(OC(N)=O)c(C(=O)N4CC(=C)CC4CO[Si](C)(C)C(C)(C)C)cc3OC)cc2N)C1. The smallest absolute Gasteiger partial charge is 0.409 e. The van der Waals surface area contributed by atoms with Crippen molar-refractivity contribution in [3.8, 4) is 28.7 Å². The summed E-state index contributed by atoms with van der Waals surface area (Å²) in [6.07, 6.45) is 2.30. The van der Waals surface area contributed by atoms with Crippen LogP contribution >= 0.6 is 0 Å². The molecule has 344 valence electrons. The molecule has 4 rings (SSSR count). The van der Waals surface area contributed by atoms with Crippen molar-refractivity contribution >= 4 is 40.2 Å². The Labute approximate surface area is 371 Å².